The molecule has 4 heteroatoms. The van der Waals surface area contributed by atoms with Gasteiger partial charge in [0, 0.05) is 10.1 Å². The van der Waals surface area contributed by atoms with Crippen LogP contribution in [0.25, 0.3) is 0 Å². The molecule has 2 unspecified atom stereocenters. The van der Waals surface area contributed by atoms with Gasteiger partial charge >= 0.3 is 5.97 Å². The second-order valence-corrected chi connectivity index (χ2v) is 5.81. The van der Waals surface area contributed by atoms with E-state index in [0.717, 1.165) is 16.0 Å². The molecule has 3 nitrogen and oxygen atoms in total. The number of rotatable bonds is 4. The van der Waals surface area contributed by atoms with E-state index in [-0.39, 0.29) is 11.7 Å². The Bertz CT molecular complexity index is 426. The minimum Gasteiger partial charge on any atom is -0.481 e. The predicted molar refractivity (Wildman–Crippen MR) is 64.0 cm³/mol. The highest BCUT2D eigenvalue weighted by atomic mass is 32.2. The Morgan fingerprint density at radius 1 is 1.44 bits per heavy atom. The lowest BCUT2D eigenvalue weighted by atomic mass is 10.2. The summed E-state index contributed by atoms with van der Waals surface area (Å²) in [5, 5.41) is 8.30. The van der Waals surface area contributed by atoms with Crippen molar-refractivity contribution in [2.24, 2.45) is 0 Å². The van der Waals surface area contributed by atoms with Gasteiger partial charge in [0.15, 0.2) is 0 Å². The molecule has 0 amide bonds. The molecular weight excluding hydrogens is 224 g/mol. The average molecular weight is 240 g/mol. The van der Waals surface area contributed by atoms with Crippen LogP contribution in [0.1, 0.15) is 24.5 Å². The fourth-order valence-corrected chi connectivity index (χ4v) is 2.87. The van der Waals surface area contributed by atoms with E-state index >= 15 is 0 Å². The molecule has 0 radical (unpaired) electrons. The maximum Gasteiger partial charge on any atom is 0.304 e. The van der Waals surface area contributed by atoms with Crippen molar-refractivity contribution in [3.63, 3.8) is 0 Å². The Balaban J connectivity index is 2.92. The standard InChI is InChI=1S/C12H16O3S/c1-8-4-5-11(9(2)6-8)16(15)10(3)7-12(13)14/h4-6,10H,7H2,1-3H3,(H,13,14). The molecule has 1 aromatic carbocycles. The summed E-state index contributed by atoms with van der Waals surface area (Å²) in [4.78, 5) is 11.3. The number of carboxylic acids is 1. The smallest absolute Gasteiger partial charge is 0.304 e. The zero-order valence-corrected chi connectivity index (χ0v) is 10.5. The minimum absolute atomic E-state index is 0.0695. The van der Waals surface area contributed by atoms with Gasteiger partial charge in [0.2, 0.25) is 0 Å². The number of benzene rings is 1. The predicted octanol–water partition coefficient (Wildman–Crippen LogP) is 2.27. The molecule has 0 saturated carbocycles. The minimum atomic E-state index is -1.25. The van der Waals surface area contributed by atoms with E-state index in [1.807, 2.05) is 32.0 Å². The summed E-state index contributed by atoms with van der Waals surface area (Å²) in [5.41, 5.74) is 2.07. The van der Waals surface area contributed by atoms with Crippen molar-refractivity contribution >= 4 is 16.8 Å². The second kappa shape index (κ2) is 5.25. The van der Waals surface area contributed by atoms with Crippen LogP contribution in [0.2, 0.25) is 0 Å². The van der Waals surface area contributed by atoms with Gasteiger partial charge in [0.25, 0.3) is 0 Å². The number of carbonyl (C=O) groups is 1. The first kappa shape index (κ1) is 12.9. The Kier molecular flexibility index (Phi) is 4.24. The highest BCUT2D eigenvalue weighted by Gasteiger charge is 2.18. The third-order valence-electron chi connectivity index (χ3n) is 2.37. The van der Waals surface area contributed by atoms with Crippen LogP contribution < -0.4 is 0 Å². The van der Waals surface area contributed by atoms with Crippen molar-refractivity contribution in [1.82, 2.24) is 0 Å². The lowest BCUT2D eigenvalue weighted by molar-refractivity contribution is -0.136. The molecule has 88 valence electrons. The Morgan fingerprint density at radius 3 is 2.56 bits per heavy atom. The lowest BCUT2D eigenvalue weighted by Crippen LogP contribution is -2.16. The molecule has 0 saturated heterocycles. The van der Waals surface area contributed by atoms with E-state index in [2.05, 4.69) is 0 Å². The quantitative estimate of drug-likeness (QED) is 0.878. The Labute approximate surface area is 98.0 Å². The van der Waals surface area contributed by atoms with E-state index in [9.17, 15) is 9.00 Å². The van der Waals surface area contributed by atoms with Crippen molar-refractivity contribution < 1.29 is 14.1 Å². The summed E-state index contributed by atoms with van der Waals surface area (Å²) >= 11 is 0. The molecule has 1 aromatic rings. The van der Waals surface area contributed by atoms with Crippen LogP contribution >= 0.6 is 0 Å². The van der Waals surface area contributed by atoms with Crippen LogP contribution in [0.4, 0.5) is 0 Å². The highest BCUT2D eigenvalue weighted by Crippen LogP contribution is 2.19. The van der Waals surface area contributed by atoms with Crippen LogP contribution in [0.3, 0.4) is 0 Å². The van der Waals surface area contributed by atoms with Crippen molar-refractivity contribution in [3.05, 3.63) is 29.3 Å². The van der Waals surface area contributed by atoms with Gasteiger partial charge in [-0.05, 0) is 32.4 Å². The first-order chi connectivity index (χ1) is 7.41. The zero-order valence-electron chi connectivity index (χ0n) is 9.69. The molecule has 0 heterocycles. The summed E-state index contributed by atoms with van der Waals surface area (Å²) in [6.07, 6.45) is -0.0695. The van der Waals surface area contributed by atoms with Crippen molar-refractivity contribution in [1.29, 1.82) is 0 Å². The topological polar surface area (TPSA) is 54.4 Å². The first-order valence-electron chi connectivity index (χ1n) is 5.11. The molecule has 0 fully saturated rings. The summed E-state index contributed by atoms with van der Waals surface area (Å²) < 4.78 is 12.1. The van der Waals surface area contributed by atoms with Gasteiger partial charge in [-0.15, -0.1) is 0 Å². The van der Waals surface area contributed by atoms with Crippen LogP contribution in [0.15, 0.2) is 23.1 Å². The van der Waals surface area contributed by atoms with E-state index < -0.39 is 16.8 Å². The molecule has 0 aliphatic rings. The van der Waals surface area contributed by atoms with Gasteiger partial charge in [-0.1, -0.05) is 17.7 Å². The fourth-order valence-electron chi connectivity index (χ4n) is 1.56. The van der Waals surface area contributed by atoms with Gasteiger partial charge in [-0.3, -0.25) is 9.00 Å². The number of aliphatic carboxylic acids is 1. The fraction of sp³-hybridized carbons (Fsp3) is 0.417. The second-order valence-electron chi connectivity index (χ2n) is 3.97. The third-order valence-corrected chi connectivity index (χ3v) is 4.16. The normalized spacial score (nSPS) is 14.4. The first-order valence-corrected chi connectivity index (χ1v) is 6.32. The van der Waals surface area contributed by atoms with Gasteiger partial charge in [0.05, 0.1) is 17.2 Å². The summed E-state index contributed by atoms with van der Waals surface area (Å²) in [6, 6.07) is 5.67. The molecular formula is C12H16O3S. The van der Waals surface area contributed by atoms with E-state index in [1.165, 1.54) is 0 Å². The number of carboxylic acid groups (broad SMARTS) is 1. The van der Waals surface area contributed by atoms with E-state index in [0.29, 0.717) is 0 Å². The number of hydrogen-bond acceptors (Lipinski definition) is 2. The van der Waals surface area contributed by atoms with Crippen LogP contribution in [0.5, 0.6) is 0 Å². The molecule has 1 rings (SSSR count). The van der Waals surface area contributed by atoms with Gasteiger partial charge in [-0.25, -0.2) is 0 Å². The summed E-state index contributed by atoms with van der Waals surface area (Å²) in [5.74, 6) is -0.911. The lowest BCUT2D eigenvalue weighted by Gasteiger charge is -2.11. The average Bonchev–Trinajstić information content (AvgIpc) is 2.15. The number of hydrogen-bond donors (Lipinski definition) is 1. The Hall–Kier alpha value is -1.16. The largest absolute Gasteiger partial charge is 0.481 e. The Morgan fingerprint density at radius 2 is 2.06 bits per heavy atom. The maximum atomic E-state index is 12.1. The van der Waals surface area contributed by atoms with Crippen LogP contribution in [0, 0.1) is 13.8 Å². The van der Waals surface area contributed by atoms with Gasteiger partial charge in [0.1, 0.15) is 0 Å². The summed E-state index contributed by atoms with van der Waals surface area (Å²) in [6.45, 7) is 5.57. The van der Waals surface area contributed by atoms with Gasteiger partial charge in [-0.2, -0.15) is 0 Å². The monoisotopic (exact) mass is 240 g/mol. The molecule has 0 aromatic heterocycles. The van der Waals surface area contributed by atoms with Crippen molar-refractivity contribution in [2.75, 3.05) is 0 Å². The molecule has 0 bridgehead atoms. The zero-order chi connectivity index (χ0) is 12.3. The van der Waals surface area contributed by atoms with E-state index in [4.69, 9.17) is 5.11 Å². The molecule has 0 spiro atoms. The molecule has 1 N–H and O–H groups in total. The summed E-state index contributed by atoms with van der Waals surface area (Å²) in [7, 11) is -1.25. The van der Waals surface area contributed by atoms with Crippen LogP contribution in [-0.2, 0) is 15.6 Å². The van der Waals surface area contributed by atoms with E-state index in [1.54, 1.807) is 6.92 Å². The van der Waals surface area contributed by atoms with Crippen LogP contribution in [-0.4, -0.2) is 20.5 Å². The van der Waals surface area contributed by atoms with Crippen molar-refractivity contribution in [3.8, 4) is 0 Å². The van der Waals surface area contributed by atoms with Crippen molar-refractivity contribution in [2.45, 2.75) is 37.3 Å². The maximum absolute atomic E-state index is 12.1. The molecule has 16 heavy (non-hydrogen) atoms. The van der Waals surface area contributed by atoms with Gasteiger partial charge < -0.3 is 5.11 Å². The molecule has 0 aliphatic heterocycles. The molecule has 0 aliphatic carbocycles. The third kappa shape index (κ3) is 3.17. The number of aryl methyl sites for hydroxylation is 2. The SMILES string of the molecule is Cc1ccc(S(=O)C(C)CC(=O)O)c(C)c1. The molecule has 2 atom stereocenters. The highest BCUT2D eigenvalue weighted by molar-refractivity contribution is 7.85.